The maximum atomic E-state index is 12.6. The molecule has 2 rings (SSSR count). The van der Waals surface area contributed by atoms with E-state index >= 15 is 0 Å². The minimum atomic E-state index is -3.78. The number of esters is 1. The van der Waals surface area contributed by atoms with E-state index in [1.165, 1.54) is 17.5 Å². The number of hydrogen-bond acceptors (Lipinski definition) is 5. The lowest BCUT2D eigenvalue weighted by Crippen LogP contribution is -2.41. The molecule has 1 heterocycles. The molecular weight excluding hydrogens is 280 g/mol. The molecule has 7 heteroatoms. The van der Waals surface area contributed by atoms with Gasteiger partial charge in [-0.05, 0) is 37.5 Å². The molecule has 0 spiro atoms. The van der Waals surface area contributed by atoms with Gasteiger partial charge in [0.15, 0.2) is 0 Å². The van der Waals surface area contributed by atoms with Gasteiger partial charge in [-0.3, -0.25) is 4.79 Å². The van der Waals surface area contributed by atoms with Gasteiger partial charge in [-0.25, -0.2) is 8.42 Å². The molecule has 0 radical (unpaired) electrons. The number of rotatable bonds is 3. The van der Waals surface area contributed by atoms with Crippen molar-refractivity contribution in [3.05, 3.63) is 23.8 Å². The van der Waals surface area contributed by atoms with Crippen LogP contribution in [0, 0.1) is 6.92 Å². The second-order valence-corrected chi connectivity index (χ2v) is 6.70. The number of aryl methyl sites for hydroxylation is 1. The minimum absolute atomic E-state index is 0.0407. The smallest absolute Gasteiger partial charge is 0.324 e. The predicted octanol–water partition coefficient (Wildman–Crippen LogP) is 0.903. The summed E-state index contributed by atoms with van der Waals surface area (Å²) in [5.41, 5.74) is 6.88. The van der Waals surface area contributed by atoms with Crippen molar-refractivity contribution in [1.29, 1.82) is 0 Å². The van der Waals surface area contributed by atoms with E-state index in [-0.39, 0.29) is 10.6 Å². The number of carbonyl (C=O) groups excluding carboxylic acids is 1. The van der Waals surface area contributed by atoms with Gasteiger partial charge in [0.05, 0.1) is 12.8 Å². The molecule has 1 atom stereocenters. The molecule has 0 aromatic heterocycles. The highest BCUT2D eigenvalue weighted by atomic mass is 32.2. The topological polar surface area (TPSA) is 89.7 Å². The number of ether oxygens (including phenoxy) is 1. The first-order valence-electron chi connectivity index (χ1n) is 6.33. The summed E-state index contributed by atoms with van der Waals surface area (Å²) in [6.07, 6.45) is 1.10. The van der Waals surface area contributed by atoms with Crippen LogP contribution in [0.3, 0.4) is 0 Å². The van der Waals surface area contributed by atoms with Gasteiger partial charge in [-0.1, -0.05) is 6.07 Å². The second kappa shape index (κ2) is 5.41. The fourth-order valence-corrected chi connectivity index (χ4v) is 4.17. The fraction of sp³-hybridized carbons (Fsp3) is 0.462. The van der Waals surface area contributed by atoms with Crippen LogP contribution in [0.2, 0.25) is 0 Å². The Hall–Kier alpha value is -1.60. The number of methoxy groups -OCH3 is 1. The number of hydrogen-bond donors (Lipinski definition) is 1. The number of anilines is 1. The van der Waals surface area contributed by atoms with Crippen molar-refractivity contribution in [3.63, 3.8) is 0 Å². The van der Waals surface area contributed by atoms with Crippen LogP contribution in [0.4, 0.5) is 5.69 Å². The second-order valence-electron chi connectivity index (χ2n) is 4.84. The van der Waals surface area contributed by atoms with Crippen LogP contribution in [0.5, 0.6) is 0 Å². The van der Waals surface area contributed by atoms with Gasteiger partial charge in [0.1, 0.15) is 10.9 Å². The lowest BCUT2D eigenvalue weighted by molar-refractivity contribution is -0.144. The molecule has 20 heavy (non-hydrogen) atoms. The van der Waals surface area contributed by atoms with Crippen LogP contribution >= 0.6 is 0 Å². The van der Waals surface area contributed by atoms with Crippen molar-refractivity contribution < 1.29 is 17.9 Å². The van der Waals surface area contributed by atoms with Crippen LogP contribution < -0.4 is 5.73 Å². The minimum Gasteiger partial charge on any atom is -0.468 e. The molecule has 1 aromatic rings. The zero-order valence-electron chi connectivity index (χ0n) is 11.5. The SMILES string of the molecule is COC(=O)C1CCCN1S(=O)(=O)c1ccc(C)cc1N. The van der Waals surface area contributed by atoms with Gasteiger partial charge in [-0.2, -0.15) is 4.31 Å². The van der Waals surface area contributed by atoms with E-state index in [1.54, 1.807) is 12.1 Å². The molecule has 0 saturated carbocycles. The van der Waals surface area contributed by atoms with Crippen molar-refractivity contribution in [1.82, 2.24) is 4.31 Å². The molecule has 1 unspecified atom stereocenters. The standard InChI is InChI=1S/C13H18N2O4S/c1-9-5-6-12(10(14)8-9)20(17,18)15-7-3-4-11(15)13(16)19-2/h5-6,8,11H,3-4,7,14H2,1-2H3. The van der Waals surface area contributed by atoms with E-state index < -0.39 is 22.0 Å². The summed E-state index contributed by atoms with van der Waals surface area (Å²) < 4.78 is 31.1. The molecule has 2 N–H and O–H groups in total. The molecule has 0 bridgehead atoms. The molecule has 1 fully saturated rings. The molecular formula is C13H18N2O4S. The van der Waals surface area contributed by atoms with Crippen LogP contribution in [0.15, 0.2) is 23.1 Å². The van der Waals surface area contributed by atoms with Crippen molar-refractivity contribution in [3.8, 4) is 0 Å². The first kappa shape index (κ1) is 14.8. The number of benzene rings is 1. The number of nitrogens with two attached hydrogens (primary N) is 1. The normalized spacial score (nSPS) is 20.0. The van der Waals surface area contributed by atoms with Crippen LogP contribution in [-0.2, 0) is 19.6 Å². The molecule has 1 saturated heterocycles. The van der Waals surface area contributed by atoms with E-state index in [9.17, 15) is 13.2 Å². The van der Waals surface area contributed by atoms with E-state index in [2.05, 4.69) is 4.74 Å². The molecule has 1 aromatic carbocycles. The van der Waals surface area contributed by atoms with Gasteiger partial charge in [0.2, 0.25) is 10.0 Å². The summed E-state index contributed by atoms with van der Waals surface area (Å²) in [4.78, 5) is 11.7. The highest BCUT2D eigenvalue weighted by Gasteiger charge is 2.40. The Kier molecular flexibility index (Phi) is 4.01. The molecule has 0 aliphatic carbocycles. The first-order chi connectivity index (χ1) is 9.37. The third-order valence-corrected chi connectivity index (χ3v) is 5.41. The summed E-state index contributed by atoms with van der Waals surface area (Å²) in [5.74, 6) is -0.531. The molecule has 6 nitrogen and oxygen atoms in total. The third kappa shape index (κ3) is 2.51. The Labute approximate surface area is 118 Å². The van der Waals surface area contributed by atoms with Crippen molar-refractivity contribution in [2.45, 2.75) is 30.7 Å². The van der Waals surface area contributed by atoms with E-state index in [0.717, 1.165) is 5.56 Å². The number of sulfonamides is 1. The molecule has 1 aliphatic heterocycles. The maximum absolute atomic E-state index is 12.6. The Morgan fingerprint density at radius 3 is 2.75 bits per heavy atom. The van der Waals surface area contributed by atoms with Crippen molar-refractivity contribution in [2.24, 2.45) is 0 Å². The summed E-state index contributed by atoms with van der Waals surface area (Å²) in [6.45, 7) is 2.13. The Morgan fingerprint density at radius 2 is 2.15 bits per heavy atom. The van der Waals surface area contributed by atoms with Crippen LogP contribution in [0.1, 0.15) is 18.4 Å². The van der Waals surface area contributed by atoms with Gasteiger partial charge in [-0.15, -0.1) is 0 Å². The highest BCUT2D eigenvalue weighted by Crippen LogP contribution is 2.29. The Bertz CT molecular complexity index is 627. The zero-order chi connectivity index (χ0) is 14.9. The molecule has 0 amide bonds. The summed E-state index contributed by atoms with van der Waals surface area (Å²) in [6, 6.07) is 4.01. The van der Waals surface area contributed by atoms with Crippen molar-refractivity contribution >= 4 is 21.7 Å². The third-order valence-electron chi connectivity index (χ3n) is 3.43. The highest BCUT2D eigenvalue weighted by molar-refractivity contribution is 7.89. The first-order valence-corrected chi connectivity index (χ1v) is 7.77. The molecule has 1 aliphatic rings. The van der Waals surface area contributed by atoms with Gasteiger partial charge >= 0.3 is 5.97 Å². The Morgan fingerprint density at radius 1 is 1.45 bits per heavy atom. The fourth-order valence-electron chi connectivity index (χ4n) is 2.43. The number of nitrogens with zero attached hydrogens (tertiary/aromatic N) is 1. The predicted molar refractivity (Wildman–Crippen MR) is 74.5 cm³/mol. The summed E-state index contributed by atoms with van der Waals surface area (Å²) in [5, 5.41) is 0. The van der Waals surface area contributed by atoms with E-state index in [4.69, 9.17) is 5.73 Å². The number of nitrogen functional groups attached to an aromatic ring is 1. The van der Waals surface area contributed by atoms with Crippen LogP contribution in [-0.4, -0.2) is 38.4 Å². The maximum Gasteiger partial charge on any atom is 0.324 e. The average molecular weight is 298 g/mol. The van der Waals surface area contributed by atoms with Gasteiger partial charge in [0, 0.05) is 6.54 Å². The number of carbonyl (C=O) groups is 1. The lowest BCUT2D eigenvalue weighted by atomic mass is 10.2. The molecule has 110 valence electrons. The summed E-state index contributed by atoms with van der Waals surface area (Å²) in [7, 11) is -2.53. The Balaban J connectivity index is 2.41. The summed E-state index contributed by atoms with van der Waals surface area (Å²) >= 11 is 0. The van der Waals surface area contributed by atoms with Crippen LogP contribution in [0.25, 0.3) is 0 Å². The monoisotopic (exact) mass is 298 g/mol. The van der Waals surface area contributed by atoms with Crippen molar-refractivity contribution in [2.75, 3.05) is 19.4 Å². The van der Waals surface area contributed by atoms with E-state index in [1.807, 2.05) is 6.92 Å². The zero-order valence-corrected chi connectivity index (χ0v) is 12.3. The van der Waals surface area contributed by atoms with Gasteiger partial charge < -0.3 is 10.5 Å². The van der Waals surface area contributed by atoms with E-state index in [0.29, 0.717) is 19.4 Å². The average Bonchev–Trinajstić information content (AvgIpc) is 2.87. The lowest BCUT2D eigenvalue weighted by Gasteiger charge is -2.22. The van der Waals surface area contributed by atoms with Gasteiger partial charge in [0.25, 0.3) is 0 Å². The quantitative estimate of drug-likeness (QED) is 0.661. The largest absolute Gasteiger partial charge is 0.468 e.